The molecule has 1 aromatic rings. The number of carboxylic acid groups (broad SMARTS) is 1. The van der Waals surface area contributed by atoms with Crippen molar-refractivity contribution in [1.29, 1.82) is 0 Å². The van der Waals surface area contributed by atoms with Gasteiger partial charge in [0.25, 0.3) is 0 Å². The van der Waals surface area contributed by atoms with Crippen LogP contribution in [-0.4, -0.2) is 59.0 Å². The zero-order valence-corrected chi connectivity index (χ0v) is 11.5. The molecule has 0 aliphatic heterocycles. The highest BCUT2D eigenvalue weighted by Gasteiger charge is 2.20. The summed E-state index contributed by atoms with van der Waals surface area (Å²) < 4.78 is 9.81. The van der Waals surface area contributed by atoms with E-state index in [0.29, 0.717) is 0 Å². The number of ether oxygens (including phenoxy) is 2. The average molecular weight is 300 g/mol. The Morgan fingerprint density at radius 1 is 1.29 bits per heavy atom. The van der Waals surface area contributed by atoms with Crippen molar-refractivity contribution in [3.05, 3.63) is 6.07 Å². The first-order valence-corrected chi connectivity index (χ1v) is 5.88. The summed E-state index contributed by atoms with van der Waals surface area (Å²) in [7, 11) is 2.76. The first kappa shape index (κ1) is 16.4. The van der Waals surface area contributed by atoms with Crippen LogP contribution in [0.1, 0.15) is 6.42 Å². The second-order valence-corrected chi connectivity index (χ2v) is 3.78. The molecule has 0 bridgehead atoms. The summed E-state index contributed by atoms with van der Waals surface area (Å²) in [5, 5.41) is 22.0. The Bertz CT molecular complexity index is 487. The molecule has 0 radical (unpaired) electrons. The number of nitrogens with one attached hydrogen (secondary N) is 2. The molecular weight excluding hydrogens is 284 g/mol. The van der Waals surface area contributed by atoms with Crippen molar-refractivity contribution in [2.24, 2.45) is 0 Å². The van der Waals surface area contributed by atoms with Gasteiger partial charge in [-0.15, -0.1) is 0 Å². The average Bonchev–Trinajstić information content (AvgIpc) is 2.46. The van der Waals surface area contributed by atoms with E-state index in [-0.39, 0.29) is 30.7 Å². The number of aliphatic hydroxyl groups is 1. The van der Waals surface area contributed by atoms with Crippen LogP contribution in [0, 0.1) is 0 Å². The second kappa shape index (κ2) is 7.85. The van der Waals surface area contributed by atoms with Gasteiger partial charge in [0.2, 0.25) is 17.7 Å². The number of nitrogens with zero attached hydrogens (tertiary/aromatic N) is 2. The number of anilines is 1. The molecule has 0 spiro atoms. The van der Waals surface area contributed by atoms with Gasteiger partial charge in [-0.2, -0.15) is 9.97 Å². The number of hydrogen-bond donors (Lipinski definition) is 4. The van der Waals surface area contributed by atoms with Crippen molar-refractivity contribution in [2.45, 2.75) is 12.5 Å². The van der Waals surface area contributed by atoms with Gasteiger partial charge in [-0.3, -0.25) is 5.32 Å². The molecule has 1 unspecified atom stereocenters. The predicted octanol–water partition coefficient (Wildman–Crippen LogP) is -0.549. The molecule has 0 aromatic carbocycles. The van der Waals surface area contributed by atoms with Crippen LogP contribution in [0.5, 0.6) is 11.8 Å². The summed E-state index contributed by atoms with van der Waals surface area (Å²) in [6.07, 6.45) is -0.120. The van der Waals surface area contributed by atoms with Gasteiger partial charge in [0, 0.05) is 13.0 Å². The SMILES string of the molecule is COc1cc(OC)nc(NC(=O)NC(CCO)C(=O)O)n1. The van der Waals surface area contributed by atoms with Crippen LogP contribution >= 0.6 is 0 Å². The van der Waals surface area contributed by atoms with Crippen LogP contribution in [0.25, 0.3) is 0 Å². The lowest BCUT2D eigenvalue weighted by atomic mass is 10.2. The normalized spacial score (nSPS) is 11.4. The summed E-state index contributed by atoms with van der Waals surface area (Å²) in [5.74, 6) is -1.04. The van der Waals surface area contributed by atoms with Gasteiger partial charge in [-0.05, 0) is 0 Å². The lowest BCUT2D eigenvalue weighted by molar-refractivity contribution is -0.139. The van der Waals surface area contributed by atoms with Crippen LogP contribution in [0.2, 0.25) is 0 Å². The zero-order chi connectivity index (χ0) is 15.8. The van der Waals surface area contributed by atoms with Crippen molar-refractivity contribution in [3.63, 3.8) is 0 Å². The molecule has 21 heavy (non-hydrogen) atoms. The molecule has 0 aliphatic carbocycles. The Kier molecular flexibility index (Phi) is 6.14. The maximum Gasteiger partial charge on any atom is 0.326 e. The highest BCUT2D eigenvalue weighted by atomic mass is 16.5. The molecule has 4 N–H and O–H groups in total. The number of carbonyl (C=O) groups excluding carboxylic acids is 1. The number of urea groups is 1. The molecule has 1 heterocycles. The van der Waals surface area contributed by atoms with Crippen molar-refractivity contribution >= 4 is 17.9 Å². The highest BCUT2D eigenvalue weighted by molar-refractivity contribution is 5.90. The second-order valence-electron chi connectivity index (χ2n) is 3.78. The number of hydrogen-bond acceptors (Lipinski definition) is 7. The van der Waals surface area contributed by atoms with E-state index in [2.05, 4.69) is 20.6 Å². The molecule has 1 aromatic heterocycles. The number of methoxy groups -OCH3 is 2. The minimum atomic E-state index is -1.26. The maximum absolute atomic E-state index is 11.7. The summed E-state index contributed by atoms with van der Waals surface area (Å²) in [6.45, 7) is -0.374. The van der Waals surface area contributed by atoms with Gasteiger partial charge in [0.05, 0.1) is 20.3 Å². The van der Waals surface area contributed by atoms with Gasteiger partial charge in [0.15, 0.2) is 0 Å². The third-order valence-corrected chi connectivity index (χ3v) is 2.34. The Morgan fingerprint density at radius 3 is 2.29 bits per heavy atom. The van der Waals surface area contributed by atoms with Crippen molar-refractivity contribution in [1.82, 2.24) is 15.3 Å². The molecule has 0 aliphatic rings. The van der Waals surface area contributed by atoms with Crippen LogP contribution < -0.4 is 20.1 Å². The molecule has 0 saturated carbocycles. The summed E-state index contributed by atoms with van der Waals surface area (Å²) in [6, 6.07) is -0.636. The Balaban J connectivity index is 2.75. The number of carbonyl (C=O) groups is 2. The quantitative estimate of drug-likeness (QED) is 0.525. The fourth-order valence-electron chi connectivity index (χ4n) is 1.35. The zero-order valence-electron chi connectivity index (χ0n) is 11.5. The molecule has 10 heteroatoms. The fourth-order valence-corrected chi connectivity index (χ4v) is 1.35. The number of amides is 2. The minimum absolute atomic E-state index is 0.114. The van der Waals surface area contributed by atoms with E-state index in [1.807, 2.05) is 0 Å². The first-order chi connectivity index (χ1) is 9.99. The number of aliphatic hydroxyl groups excluding tert-OH is 1. The van der Waals surface area contributed by atoms with E-state index < -0.39 is 18.0 Å². The van der Waals surface area contributed by atoms with Crippen LogP contribution in [0.15, 0.2) is 6.07 Å². The molecule has 0 fully saturated rings. The van der Waals surface area contributed by atoms with E-state index in [1.54, 1.807) is 0 Å². The van der Waals surface area contributed by atoms with Crippen molar-refractivity contribution in [3.8, 4) is 11.8 Å². The number of carboxylic acids is 1. The van der Waals surface area contributed by atoms with E-state index in [0.717, 1.165) is 0 Å². The van der Waals surface area contributed by atoms with E-state index in [4.69, 9.17) is 19.7 Å². The predicted molar refractivity (Wildman–Crippen MR) is 70.4 cm³/mol. The third kappa shape index (κ3) is 5.10. The Labute approximate surface area is 120 Å². The van der Waals surface area contributed by atoms with Crippen molar-refractivity contribution < 1.29 is 29.3 Å². The van der Waals surface area contributed by atoms with Gasteiger partial charge >= 0.3 is 12.0 Å². The van der Waals surface area contributed by atoms with Gasteiger partial charge in [-0.1, -0.05) is 0 Å². The maximum atomic E-state index is 11.7. The number of rotatable bonds is 7. The lowest BCUT2D eigenvalue weighted by Gasteiger charge is -2.13. The number of aliphatic carboxylic acids is 1. The Hall–Kier alpha value is -2.62. The molecule has 1 atom stereocenters. The van der Waals surface area contributed by atoms with E-state index >= 15 is 0 Å². The smallest absolute Gasteiger partial charge is 0.326 e. The Morgan fingerprint density at radius 2 is 1.86 bits per heavy atom. The third-order valence-electron chi connectivity index (χ3n) is 2.34. The number of aromatic nitrogens is 2. The largest absolute Gasteiger partial charge is 0.481 e. The molecule has 10 nitrogen and oxygen atoms in total. The lowest BCUT2D eigenvalue weighted by Crippen LogP contribution is -2.43. The van der Waals surface area contributed by atoms with Crippen LogP contribution in [-0.2, 0) is 4.79 Å². The standard InChI is InChI=1S/C11H16N4O6/c1-20-7-5-8(21-2)14-10(13-7)15-11(19)12-6(3-4-16)9(17)18/h5-6,16H,3-4H2,1-2H3,(H,17,18)(H2,12,13,14,15,19). The summed E-state index contributed by atoms with van der Waals surface area (Å²) in [5.41, 5.74) is 0. The molecule has 116 valence electrons. The van der Waals surface area contributed by atoms with E-state index in [1.165, 1.54) is 20.3 Å². The molecule has 0 saturated heterocycles. The van der Waals surface area contributed by atoms with Crippen LogP contribution in [0.4, 0.5) is 10.7 Å². The summed E-state index contributed by atoms with van der Waals surface area (Å²) >= 11 is 0. The monoisotopic (exact) mass is 300 g/mol. The van der Waals surface area contributed by atoms with Gasteiger partial charge in [-0.25, -0.2) is 9.59 Å². The molecule has 2 amide bonds. The van der Waals surface area contributed by atoms with Crippen LogP contribution in [0.3, 0.4) is 0 Å². The molecule has 1 rings (SSSR count). The fraction of sp³-hybridized carbons (Fsp3) is 0.455. The van der Waals surface area contributed by atoms with E-state index in [9.17, 15) is 9.59 Å². The minimum Gasteiger partial charge on any atom is -0.481 e. The highest BCUT2D eigenvalue weighted by Crippen LogP contribution is 2.17. The van der Waals surface area contributed by atoms with Gasteiger partial charge in [0.1, 0.15) is 6.04 Å². The van der Waals surface area contributed by atoms with Gasteiger partial charge < -0.3 is 25.0 Å². The van der Waals surface area contributed by atoms with Crippen molar-refractivity contribution in [2.75, 3.05) is 26.1 Å². The topological polar surface area (TPSA) is 143 Å². The first-order valence-electron chi connectivity index (χ1n) is 5.88. The summed E-state index contributed by atoms with van der Waals surface area (Å²) in [4.78, 5) is 30.2. The molecular formula is C11H16N4O6.